The number of nitrogens with zero attached hydrogens (tertiary/aromatic N) is 3. The molecule has 0 aliphatic rings. The number of rotatable bonds is 7. The third kappa shape index (κ3) is 4.72. The molecule has 0 unspecified atom stereocenters. The molecule has 2 aromatic carbocycles. The van der Waals surface area contributed by atoms with Crippen LogP contribution >= 0.6 is 11.8 Å². The quantitative estimate of drug-likeness (QED) is 0.415. The van der Waals surface area contributed by atoms with Crippen molar-refractivity contribution in [2.24, 2.45) is 7.05 Å². The summed E-state index contributed by atoms with van der Waals surface area (Å²) >= 11 is 1.36. The Kier molecular flexibility index (Phi) is 6.23. The van der Waals surface area contributed by atoms with Crippen LogP contribution in [0.2, 0.25) is 0 Å². The van der Waals surface area contributed by atoms with Gasteiger partial charge < -0.3 is 14.3 Å². The largest absolute Gasteiger partial charge is 0.469 e. The monoisotopic (exact) mass is 432 g/mol. The van der Waals surface area contributed by atoms with Crippen molar-refractivity contribution in [3.05, 3.63) is 78.3 Å². The van der Waals surface area contributed by atoms with Crippen molar-refractivity contribution in [2.75, 3.05) is 5.75 Å². The summed E-state index contributed by atoms with van der Waals surface area (Å²) in [4.78, 5) is 12.5. The number of benzene rings is 2. The first kappa shape index (κ1) is 20.9. The van der Waals surface area contributed by atoms with Crippen LogP contribution in [0.3, 0.4) is 0 Å². The Balaban J connectivity index is 1.34. The SMILES string of the molecule is Cc1occc1-c1nnc(SCC(=O)N[C@H](C)c2ccc(-c3ccccc3)cc2)n1C. The van der Waals surface area contributed by atoms with Crippen LogP contribution in [0.1, 0.15) is 24.3 Å². The number of thioether (sulfide) groups is 1. The molecule has 2 heterocycles. The Morgan fingerprint density at radius 2 is 1.77 bits per heavy atom. The maximum Gasteiger partial charge on any atom is 0.230 e. The van der Waals surface area contributed by atoms with Gasteiger partial charge in [0.15, 0.2) is 11.0 Å². The molecular weight excluding hydrogens is 408 g/mol. The molecule has 0 aliphatic heterocycles. The van der Waals surface area contributed by atoms with Crippen molar-refractivity contribution >= 4 is 17.7 Å². The van der Waals surface area contributed by atoms with Gasteiger partial charge in [0.2, 0.25) is 5.91 Å². The minimum Gasteiger partial charge on any atom is -0.469 e. The van der Waals surface area contributed by atoms with Gasteiger partial charge in [0.05, 0.1) is 23.6 Å². The van der Waals surface area contributed by atoms with E-state index in [4.69, 9.17) is 4.42 Å². The van der Waals surface area contributed by atoms with Gasteiger partial charge in [0.1, 0.15) is 5.76 Å². The van der Waals surface area contributed by atoms with E-state index < -0.39 is 0 Å². The number of hydrogen-bond donors (Lipinski definition) is 1. The van der Waals surface area contributed by atoms with E-state index in [1.807, 2.05) is 49.7 Å². The molecule has 0 saturated heterocycles. The molecule has 0 aliphatic carbocycles. The summed E-state index contributed by atoms with van der Waals surface area (Å²) in [6.07, 6.45) is 1.63. The molecule has 7 heteroatoms. The first-order chi connectivity index (χ1) is 15.0. The van der Waals surface area contributed by atoms with Crippen molar-refractivity contribution in [3.8, 4) is 22.5 Å². The van der Waals surface area contributed by atoms with E-state index in [-0.39, 0.29) is 17.7 Å². The third-order valence-electron chi connectivity index (χ3n) is 5.16. The lowest BCUT2D eigenvalue weighted by atomic mass is 10.0. The lowest BCUT2D eigenvalue weighted by molar-refractivity contribution is -0.119. The Labute approximate surface area is 185 Å². The van der Waals surface area contributed by atoms with Crippen molar-refractivity contribution in [1.82, 2.24) is 20.1 Å². The molecule has 31 heavy (non-hydrogen) atoms. The molecule has 0 spiro atoms. The van der Waals surface area contributed by atoms with Crippen LogP contribution in [0.5, 0.6) is 0 Å². The summed E-state index contributed by atoms with van der Waals surface area (Å²) in [7, 11) is 1.89. The van der Waals surface area contributed by atoms with E-state index in [9.17, 15) is 4.79 Å². The molecule has 0 bridgehead atoms. The van der Waals surface area contributed by atoms with Gasteiger partial charge in [-0.3, -0.25) is 4.79 Å². The van der Waals surface area contributed by atoms with Gasteiger partial charge in [-0.1, -0.05) is 66.4 Å². The minimum absolute atomic E-state index is 0.0475. The number of carbonyl (C=O) groups is 1. The Morgan fingerprint density at radius 1 is 1.06 bits per heavy atom. The zero-order valence-electron chi connectivity index (χ0n) is 17.7. The summed E-state index contributed by atoms with van der Waals surface area (Å²) in [5, 5.41) is 12.2. The van der Waals surface area contributed by atoms with E-state index >= 15 is 0 Å². The molecule has 1 amide bonds. The second-order valence-corrected chi connectivity index (χ2v) is 8.26. The highest BCUT2D eigenvalue weighted by Crippen LogP contribution is 2.26. The summed E-state index contributed by atoms with van der Waals surface area (Å²) in [6, 6.07) is 20.3. The van der Waals surface area contributed by atoms with Gasteiger partial charge in [-0.05, 0) is 36.6 Å². The summed E-state index contributed by atoms with van der Waals surface area (Å²) in [5.74, 6) is 1.73. The fourth-order valence-corrected chi connectivity index (χ4v) is 4.11. The molecule has 158 valence electrons. The standard InChI is InChI=1S/C24H24N4O2S/c1-16(18-9-11-20(12-10-18)19-7-5-4-6-8-19)25-22(29)15-31-24-27-26-23(28(24)3)21-13-14-30-17(21)2/h4-14,16H,15H2,1-3H3,(H,25,29)/t16-/m1/s1. The van der Waals surface area contributed by atoms with Gasteiger partial charge in [-0.25, -0.2) is 0 Å². The number of nitrogens with one attached hydrogen (secondary N) is 1. The lowest BCUT2D eigenvalue weighted by Gasteiger charge is -2.15. The van der Waals surface area contributed by atoms with Crippen LogP contribution < -0.4 is 5.32 Å². The number of furan rings is 1. The van der Waals surface area contributed by atoms with E-state index in [1.165, 1.54) is 17.3 Å². The molecule has 4 rings (SSSR count). The number of aryl methyl sites for hydroxylation is 1. The number of amides is 1. The second kappa shape index (κ2) is 9.22. The van der Waals surface area contributed by atoms with Crippen molar-refractivity contribution in [1.29, 1.82) is 0 Å². The van der Waals surface area contributed by atoms with Gasteiger partial charge >= 0.3 is 0 Å². The van der Waals surface area contributed by atoms with Gasteiger partial charge in [0, 0.05) is 7.05 Å². The van der Waals surface area contributed by atoms with Crippen LogP contribution in [0, 0.1) is 6.92 Å². The van der Waals surface area contributed by atoms with Crippen LogP contribution in [0.4, 0.5) is 0 Å². The highest BCUT2D eigenvalue weighted by molar-refractivity contribution is 7.99. The van der Waals surface area contributed by atoms with Gasteiger partial charge in [-0.15, -0.1) is 10.2 Å². The second-order valence-electron chi connectivity index (χ2n) is 7.32. The number of hydrogen-bond acceptors (Lipinski definition) is 5. The summed E-state index contributed by atoms with van der Waals surface area (Å²) in [5.41, 5.74) is 4.30. The molecule has 1 atom stereocenters. The molecule has 1 N–H and O–H groups in total. The fraction of sp³-hybridized carbons (Fsp3) is 0.208. The summed E-state index contributed by atoms with van der Waals surface area (Å²) < 4.78 is 7.22. The lowest BCUT2D eigenvalue weighted by Crippen LogP contribution is -2.28. The predicted molar refractivity (Wildman–Crippen MR) is 123 cm³/mol. The number of carbonyl (C=O) groups excluding carboxylic acids is 1. The molecule has 6 nitrogen and oxygen atoms in total. The Morgan fingerprint density at radius 3 is 2.45 bits per heavy atom. The van der Waals surface area contributed by atoms with Crippen LogP contribution in [0.15, 0.2) is 76.5 Å². The normalized spacial score (nSPS) is 12.0. The molecule has 0 radical (unpaired) electrons. The van der Waals surface area contributed by atoms with Crippen molar-refractivity contribution in [3.63, 3.8) is 0 Å². The fourth-order valence-electron chi connectivity index (χ4n) is 3.38. The first-order valence-corrected chi connectivity index (χ1v) is 11.0. The minimum atomic E-state index is -0.0819. The van der Waals surface area contributed by atoms with Crippen molar-refractivity contribution in [2.45, 2.75) is 25.0 Å². The molecule has 0 fully saturated rings. The zero-order valence-corrected chi connectivity index (χ0v) is 18.5. The molecule has 0 saturated carbocycles. The maximum absolute atomic E-state index is 12.5. The van der Waals surface area contributed by atoms with E-state index in [0.717, 1.165) is 28.3 Å². The highest BCUT2D eigenvalue weighted by atomic mass is 32.2. The predicted octanol–water partition coefficient (Wildman–Crippen LogP) is 5.02. The maximum atomic E-state index is 12.5. The van der Waals surface area contributed by atoms with E-state index in [2.05, 4.69) is 51.9 Å². The number of aromatic nitrogens is 3. The Bertz CT molecular complexity index is 1170. The van der Waals surface area contributed by atoms with Crippen LogP contribution in [-0.2, 0) is 11.8 Å². The van der Waals surface area contributed by atoms with Crippen LogP contribution in [0.25, 0.3) is 22.5 Å². The average molecular weight is 433 g/mol. The first-order valence-electron chi connectivity index (χ1n) is 10.0. The van der Waals surface area contributed by atoms with Gasteiger partial charge in [0.25, 0.3) is 0 Å². The highest BCUT2D eigenvalue weighted by Gasteiger charge is 2.16. The Hall–Kier alpha value is -3.32. The molecular formula is C24H24N4O2S. The third-order valence-corrected chi connectivity index (χ3v) is 6.18. The molecule has 2 aromatic heterocycles. The van der Waals surface area contributed by atoms with Crippen molar-refractivity contribution < 1.29 is 9.21 Å². The van der Waals surface area contributed by atoms with E-state index in [0.29, 0.717) is 5.16 Å². The average Bonchev–Trinajstić information content (AvgIpc) is 3.37. The van der Waals surface area contributed by atoms with Crippen LogP contribution in [-0.4, -0.2) is 26.4 Å². The summed E-state index contributed by atoms with van der Waals surface area (Å²) in [6.45, 7) is 3.88. The molecule has 4 aromatic rings. The smallest absolute Gasteiger partial charge is 0.230 e. The van der Waals surface area contributed by atoms with E-state index in [1.54, 1.807) is 6.26 Å². The topological polar surface area (TPSA) is 72.9 Å². The zero-order chi connectivity index (χ0) is 21.8. The van der Waals surface area contributed by atoms with Gasteiger partial charge in [-0.2, -0.15) is 0 Å².